The molecule has 2 aromatic carbocycles. The first-order valence-corrected chi connectivity index (χ1v) is 5.84. The highest BCUT2D eigenvalue weighted by Crippen LogP contribution is 2.18. The molecule has 2 aromatic rings. The minimum Gasteiger partial charge on any atom is -0.0622 e. The molecule has 0 spiro atoms. The maximum Gasteiger partial charge on any atom is 0.453 e. The van der Waals surface area contributed by atoms with Crippen LogP contribution in [0, 0.1) is 6.54 Å². The summed E-state index contributed by atoms with van der Waals surface area (Å²) in [5, 5.41) is 4.44. The Hall–Kier alpha value is -2.29. The molecular weight excluding hydrogens is 222 g/mol. The van der Waals surface area contributed by atoms with Crippen molar-refractivity contribution in [3.8, 4) is 0 Å². The van der Waals surface area contributed by atoms with Gasteiger partial charge in [-0.2, -0.15) is 0 Å². The predicted octanol–water partition coefficient (Wildman–Crippen LogP) is 2.88. The number of nitrogens with zero attached hydrogens (tertiary/aromatic N) is 3. The van der Waals surface area contributed by atoms with Gasteiger partial charge in [0.15, 0.2) is 7.05 Å². The van der Waals surface area contributed by atoms with E-state index in [1.165, 1.54) is 0 Å². The third-order valence-corrected chi connectivity index (χ3v) is 2.81. The van der Waals surface area contributed by atoms with Crippen molar-refractivity contribution in [3.63, 3.8) is 0 Å². The summed E-state index contributed by atoms with van der Waals surface area (Å²) in [6.45, 7) is 3.28. The van der Waals surface area contributed by atoms with Gasteiger partial charge >= 0.3 is 12.3 Å². The van der Waals surface area contributed by atoms with Gasteiger partial charge in [-0.15, -0.1) is 0 Å². The van der Waals surface area contributed by atoms with Crippen molar-refractivity contribution in [2.75, 3.05) is 7.05 Å². The third kappa shape index (κ3) is 1.95. The van der Waals surface area contributed by atoms with Gasteiger partial charge in [0.05, 0.1) is 5.56 Å². The standard InChI is InChI=1S/C15H13N3/c1-17-15(13-8-4-2-5-9-13)12-18(16-17)14-10-6-3-7-11-14/h2-11H,1H3/q+2. The van der Waals surface area contributed by atoms with E-state index in [1.807, 2.05) is 60.3 Å². The van der Waals surface area contributed by atoms with Crippen LogP contribution in [0.5, 0.6) is 0 Å². The SMILES string of the molecule is C[N+]1=C(c2ccccc2)[C][N+](c2ccccc2)=N1. The fourth-order valence-corrected chi connectivity index (χ4v) is 1.91. The number of benzene rings is 2. The van der Waals surface area contributed by atoms with Gasteiger partial charge in [-0.05, 0) is 16.8 Å². The normalized spacial score (nSPS) is 14.8. The Balaban J connectivity index is 1.90. The zero-order valence-electron chi connectivity index (χ0n) is 10.1. The maximum absolute atomic E-state index is 4.44. The second kappa shape index (κ2) is 4.53. The molecule has 1 heterocycles. The zero-order valence-corrected chi connectivity index (χ0v) is 10.1. The first-order chi connectivity index (χ1) is 8.84. The smallest absolute Gasteiger partial charge is 0.0622 e. The Kier molecular flexibility index (Phi) is 2.73. The first-order valence-electron chi connectivity index (χ1n) is 5.84. The topological polar surface area (TPSA) is 18.4 Å². The Labute approximate surface area is 106 Å². The van der Waals surface area contributed by atoms with Gasteiger partial charge in [-0.25, -0.2) is 0 Å². The van der Waals surface area contributed by atoms with E-state index in [2.05, 4.69) is 23.9 Å². The summed E-state index contributed by atoms with van der Waals surface area (Å²) in [4.78, 5) is 0. The number of para-hydroxylation sites is 1. The number of hydrogen-bond acceptors (Lipinski definition) is 1. The van der Waals surface area contributed by atoms with E-state index >= 15 is 0 Å². The predicted molar refractivity (Wildman–Crippen MR) is 68.8 cm³/mol. The van der Waals surface area contributed by atoms with Gasteiger partial charge in [-0.1, -0.05) is 36.4 Å². The largest absolute Gasteiger partial charge is 0.453 e. The molecule has 0 bridgehead atoms. The summed E-state index contributed by atoms with van der Waals surface area (Å²) in [6.07, 6.45) is 0. The highest BCUT2D eigenvalue weighted by Gasteiger charge is 2.37. The van der Waals surface area contributed by atoms with E-state index in [1.54, 1.807) is 4.70 Å². The lowest BCUT2D eigenvalue weighted by Gasteiger charge is -1.90. The van der Waals surface area contributed by atoms with Gasteiger partial charge in [0.1, 0.15) is 0 Å². The lowest BCUT2D eigenvalue weighted by atomic mass is 10.1. The van der Waals surface area contributed by atoms with Crippen molar-refractivity contribution in [1.82, 2.24) is 0 Å². The van der Waals surface area contributed by atoms with Crippen LogP contribution in [0.2, 0.25) is 0 Å². The van der Waals surface area contributed by atoms with Gasteiger partial charge in [0, 0.05) is 16.8 Å². The second-order valence-corrected chi connectivity index (χ2v) is 4.09. The van der Waals surface area contributed by atoms with Crippen LogP contribution in [0.4, 0.5) is 5.69 Å². The highest BCUT2D eigenvalue weighted by atomic mass is 15.6. The molecule has 0 atom stereocenters. The van der Waals surface area contributed by atoms with E-state index in [4.69, 9.17) is 0 Å². The Morgan fingerprint density at radius 3 is 2.17 bits per heavy atom. The van der Waals surface area contributed by atoms with Gasteiger partial charge in [0.2, 0.25) is 5.69 Å². The average molecular weight is 235 g/mol. The molecule has 0 aromatic heterocycles. The molecule has 0 N–H and O–H groups in total. The molecule has 1 aliphatic heterocycles. The molecule has 0 aliphatic carbocycles. The van der Waals surface area contributed by atoms with Gasteiger partial charge in [-0.3, -0.25) is 0 Å². The highest BCUT2D eigenvalue weighted by molar-refractivity contribution is 6.02. The molecule has 0 fully saturated rings. The molecule has 1 aliphatic rings. The molecule has 0 saturated carbocycles. The van der Waals surface area contributed by atoms with E-state index in [0.29, 0.717) is 0 Å². The van der Waals surface area contributed by atoms with Crippen molar-refractivity contribution in [1.29, 1.82) is 0 Å². The molecule has 2 radical (unpaired) electrons. The Bertz CT molecular complexity index is 613. The van der Waals surface area contributed by atoms with Crippen molar-refractivity contribution in [3.05, 3.63) is 72.8 Å². The van der Waals surface area contributed by atoms with Crippen molar-refractivity contribution in [2.24, 2.45) is 5.22 Å². The first kappa shape index (κ1) is 10.8. The fraction of sp³-hybridized carbons (Fsp3) is 0.0667. The Morgan fingerprint density at radius 2 is 1.50 bits per heavy atom. The molecule has 0 unspecified atom stereocenters. The molecule has 18 heavy (non-hydrogen) atoms. The summed E-state index contributed by atoms with van der Waals surface area (Å²) in [6, 6.07) is 20.2. The third-order valence-electron chi connectivity index (χ3n) is 2.81. The van der Waals surface area contributed by atoms with Crippen LogP contribution in [0.3, 0.4) is 0 Å². The summed E-state index contributed by atoms with van der Waals surface area (Å²) in [7, 11) is 1.93. The van der Waals surface area contributed by atoms with Crippen LogP contribution in [0.1, 0.15) is 5.56 Å². The fourth-order valence-electron chi connectivity index (χ4n) is 1.91. The van der Waals surface area contributed by atoms with Crippen LogP contribution in [0.15, 0.2) is 65.9 Å². The van der Waals surface area contributed by atoms with Crippen LogP contribution in [-0.4, -0.2) is 22.1 Å². The van der Waals surface area contributed by atoms with E-state index in [9.17, 15) is 0 Å². The van der Waals surface area contributed by atoms with Crippen LogP contribution >= 0.6 is 0 Å². The zero-order chi connectivity index (χ0) is 12.4. The van der Waals surface area contributed by atoms with Crippen LogP contribution in [0.25, 0.3) is 0 Å². The molecular formula is C15H13N3+2. The van der Waals surface area contributed by atoms with Crippen LogP contribution in [-0.2, 0) is 0 Å². The minimum atomic E-state index is 0.972. The van der Waals surface area contributed by atoms with Crippen molar-refractivity contribution >= 4 is 11.4 Å². The molecule has 0 saturated heterocycles. The Morgan fingerprint density at radius 1 is 0.889 bits per heavy atom. The lowest BCUT2D eigenvalue weighted by Crippen LogP contribution is -2.10. The molecule has 0 amide bonds. The minimum absolute atomic E-state index is 0.972. The summed E-state index contributed by atoms with van der Waals surface area (Å²) >= 11 is 0. The van der Waals surface area contributed by atoms with Crippen LogP contribution < -0.4 is 0 Å². The number of hydrogen-bond donors (Lipinski definition) is 0. The van der Waals surface area contributed by atoms with Crippen molar-refractivity contribution in [2.45, 2.75) is 0 Å². The lowest BCUT2D eigenvalue weighted by molar-refractivity contribution is -0.629. The second-order valence-electron chi connectivity index (χ2n) is 4.09. The molecule has 3 heteroatoms. The molecule has 86 valence electrons. The number of rotatable bonds is 2. The maximum atomic E-state index is 4.44. The summed E-state index contributed by atoms with van der Waals surface area (Å²) in [5.41, 5.74) is 3.09. The van der Waals surface area contributed by atoms with E-state index < -0.39 is 0 Å². The monoisotopic (exact) mass is 235 g/mol. The van der Waals surface area contributed by atoms with Crippen molar-refractivity contribution < 1.29 is 9.38 Å². The van der Waals surface area contributed by atoms with Gasteiger partial charge in [0.25, 0.3) is 5.22 Å². The molecule has 3 nitrogen and oxygen atoms in total. The van der Waals surface area contributed by atoms with Gasteiger partial charge < -0.3 is 0 Å². The average Bonchev–Trinajstić information content (AvgIpc) is 2.83. The summed E-state index contributed by atoms with van der Waals surface area (Å²) < 4.78 is 3.60. The van der Waals surface area contributed by atoms with E-state index in [0.717, 1.165) is 17.0 Å². The summed E-state index contributed by atoms with van der Waals surface area (Å²) in [5.74, 6) is 0. The quantitative estimate of drug-likeness (QED) is 0.713. The van der Waals surface area contributed by atoms with E-state index in [-0.39, 0.29) is 0 Å². The molecule has 3 rings (SSSR count).